The third-order valence-corrected chi connectivity index (χ3v) is 5.05. The molecular weight excluding hydrogens is 330 g/mol. The number of H-pyrrole nitrogens is 1. The Morgan fingerprint density at radius 1 is 1.31 bits per heavy atom. The number of nitrogens with one attached hydrogen (secondary N) is 1. The summed E-state index contributed by atoms with van der Waals surface area (Å²) < 4.78 is 1.97. The Morgan fingerprint density at radius 2 is 2.15 bits per heavy atom. The van der Waals surface area contributed by atoms with Gasteiger partial charge in [0.1, 0.15) is 12.4 Å². The second-order valence-corrected chi connectivity index (χ2v) is 6.74. The van der Waals surface area contributed by atoms with Crippen LogP contribution in [-0.4, -0.2) is 43.4 Å². The lowest BCUT2D eigenvalue weighted by Gasteiger charge is -2.33. The molecule has 1 atom stereocenters. The Morgan fingerprint density at radius 3 is 3.00 bits per heavy atom. The van der Waals surface area contributed by atoms with Crippen LogP contribution in [0.2, 0.25) is 0 Å². The molecule has 1 aromatic carbocycles. The number of nitrogens with zero attached hydrogens (tertiary/aromatic N) is 4. The largest absolute Gasteiger partial charge is 0.345 e. The van der Waals surface area contributed by atoms with Crippen LogP contribution in [0.4, 0.5) is 0 Å². The molecule has 7 heteroatoms. The molecule has 0 bridgehead atoms. The maximum Gasteiger partial charge on any atom is 0.345 e. The summed E-state index contributed by atoms with van der Waals surface area (Å²) in [6.07, 6.45) is 3.40. The van der Waals surface area contributed by atoms with Crippen molar-refractivity contribution in [1.29, 1.82) is 0 Å². The van der Waals surface area contributed by atoms with E-state index in [1.54, 1.807) is 0 Å². The lowest BCUT2D eigenvalue weighted by atomic mass is 9.94. The molecule has 1 fully saturated rings. The summed E-state index contributed by atoms with van der Waals surface area (Å²) in [5.41, 5.74) is 2.40. The zero-order valence-corrected chi connectivity index (χ0v) is 14.7. The second kappa shape index (κ2) is 6.74. The molecule has 1 aliphatic rings. The van der Waals surface area contributed by atoms with Crippen molar-refractivity contribution in [3.8, 4) is 0 Å². The fraction of sp³-hybridized carbons (Fsp3) is 0.368. The first-order chi connectivity index (χ1) is 12.6. The van der Waals surface area contributed by atoms with Crippen LogP contribution in [0.3, 0.4) is 0 Å². The van der Waals surface area contributed by atoms with Gasteiger partial charge in [0.15, 0.2) is 0 Å². The molecule has 3 heterocycles. The van der Waals surface area contributed by atoms with Gasteiger partial charge in [-0.3, -0.25) is 4.79 Å². The predicted molar refractivity (Wildman–Crippen MR) is 97.9 cm³/mol. The summed E-state index contributed by atoms with van der Waals surface area (Å²) in [6.45, 7) is 3.57. The first-order valence-corrected chi connectivity index (χ1v) is 8.86. The summed E-state index contributed by atoms with van der Waals surface area (Å²) in [6, 6.07) is 9.68. The average Bonchev–Trinajstić information content (AvgIpc) is 2.97. The number of aryl methyl sites for hydroxylation is 1. The maximum absolute atomic E-state index is 12.9. The number of imidazole rings is 1. The molecule has 1 N–H and O–H groups in total. The van der Waals surface area contributed by atoms with E-state index in [0.717, 1.165) is 41.9 Å². The fourth-order valence-electron chi connectivity index (χ4n) is 3.71. The maximum atomic E-state index is 12.9. The number of carbonyl (C=O) groups is 1. The van der Waals surface area contributed by atoms with Crippen LogP contribution in [-0.2, 0) is 11.3 Å². The van der Waals surface area contributed by atoms with Crippen LogP contribution in [0.15, 0.2) is 41.3 Å². The van der Waals surface area contributed by atoms with Gasteiger partial charge in [0.2, 0.25) is 5.91 Å². The molecule has 1 aliphatic heterocycles. The van der Waals surface area contributed by atoms with E-state index in [1.165, 1.54) is 6.20 Å². The van der Waals surface area contributed by atoms with Crippen LogP contribution in [0, 0.1) is 6.92 Å². The number of hydrogen-bond donors (Lipinski definition) is 1. The van der Waals surface area contributed by atoms with E-state index in [2.05, 4.69) is 15.0 Å². The third-order valence-electron chi connectivity index (χ3n) is 5.05. The van der Waals surface area contributed by atoms with Gasteiger partial charge in [0, 0.05) is 30.9 Å². The van der Waals surface area contributed by atoms with Gasteiger partial charge in [-0.2, -0.15) is 0 Å². The minimum atomic E-state index is -0.341. The van der Waals surface area contributed by atoms with Crippen LogP contribution < -0.4 is 5.69 Å². The standard InChI is InChI=1S/C19H21N5O2/c1-13-21-16-6-2-3-7-17(16)24(13)12-18(25)23-10-4-5-14(11-23)15-8-9-20-19(26)22-15/h2-3,6-9,14H,4-5,10-12H2,1H3,(H,20,22,26)/t14-/m1/s1. The SMILES string of the molecule is Cc1nc2ccccc2n1CC(=O)N1CCC[C@@H](c2ccnc(=O)[nH]2)C1. The molecule has 1 amide bonds. The molecular formula is C19H21N5O2. The van der Waals surface area contributed by atoms with E-state index >= 15 is 0 Å². The quantitative estimate of drug-likeness (QED) is 0.780. The van der Waals surface area contributed by atoms with Gasteiger partial charge in [-0.1, -0.05) is 12.1 Å². The summed E-state index contributed by atoms with van der Waals surface area (Å²) in [5.74, 6) is 1.06. The number of aromatic amines is 1. The number of fused-ring (bicyclic) bond motifs is 1. The number of aromatic nitrogens is 4. The highest BCUT2D eigenvalue weighted by Gasteiger charge is 2.26. The van der Waals surface area contributed by atoms with Gasteiger partial charge >= 0.3 is 5.69 Å². The van der Waals surface area contributed by atoms with E-state index in [4.69, 9.17) is 0 Å². The van der Waals surface area contributed by atoms with Crippen LogP contribution in [0.25, 0.3) is 11.0 Å². The van der Waals surface area contributed by atoms with E-state index in [0.29, 0.717) is 6.54 Å². The molecule has 2 aromatic heterocycles. The smallest absolute Gasteiger partial charge is 0.340 e. The highest BCUT2D eigenvalue weighted by atomic mass is 16.2. The lowest BCUT2D eigenvalue weighted by molar-refractivity contribution is -0.133. The first kappa shape index (κ1) is 16.5. The monoisotopic (exact) mass is 351 g/mol. The number of piperidine rings is 1. The zero-order valence-electron chi connectivity index (χ0n) is 14.7. The topological polar surface area (TPSA) is 83.9 Å². The molecule has 26 heavy (non-hydrogen) atoms. The molecule has 7 nitrogen and oxygen atoms in total. The molecule has 0 spiro atoms. The number of hydrogen-bond acceptors (Lipinski definition) is 4. The minimum Gasteiger partial charge on any atom is -0.340 e. The minimum absolute atomic E-state index is 0.0809. The molecule has 0 saturated carbocycles. The van der Waals surface area contributed by atoms with Crippen molar-refractivity contribution in [2.75, 3.05) is 13.1 Å². The van der Waals surface area contributed by atoms with Gasteiger partial charge in [0.05, 0.1) is 11.0 Å². The van der Waals surface area contributed by atoms with E-state index in [-0.39, 0.29) is 24.1 Å². The molecule has 134 valence electrons. The number of para-hydroxylation sites is 2. The van der Waals surface area contributed by atoms with Crippen molar-refractivity contribution in [3.05, 3.63) is 58.5 Å². The number of carbonyl (C=O) groups excluding carboxylic acids is 1. The van der Waals surface area contributed by atoms with Crippen LogP contribution in [0.5, 0.6) is 0 Å². The van der Waals surface area contributed by atoms with E-state index < -0.39 is 0 Å². The highest BCUT2D eigenvalue weighted by molar-refractivity contribution is 5.81. The van der Waals surface area contributed by atoms with Gasteiger partial charge in [-0.25, -0.2) is 14.8 Å². The summed E-state index contributed by atoms with van der Waals surface area (Å²) in [7, 11) is 0. The van der Waals surface area contributed by atoms with Crippen molar-refractivity contribution in [3.63, 3.8) is 0 Å². The predicted octanol–water partition coefficient (Wildman–Crippen LogP) is 1.83. The molecule has 0 radical (unpaired) electrons. The number of likely N-dealkylation sites (tertiary alicyclic amines) is 1. The van der Waals surface area contributed by atoms with Crippen LogP contribution in [0.1, 0.15) is 30.3 Å². The van der Waals surface area contributed by atoms with E-state index in [9.17, 15) is 9.59 Å². The first-order valence-electron chi connectivity index (χ1n) is 8.86. The average molecular weight is 351 g/mol. The Balaban J connectivity index is 1.52. The fourth-order valence-corrected chi connectivity index (χ4v) is 3.71. The van der Waals surface area contributed by atoms with Gasteiger partial charge in [0.25, 0.3) is 0 Å². The van der Waals surface area contributed by atoms with Crippen molar-refractivity contribution >= 4 is 16.9 Å². The Labute approximate surface area is 150 Å². The van der Waals surface area contributed by atoms with Gasteiger partial charge in [-0.15, -0.1) is 0 Å². The Kier molecular flexibility index (Phi) is 4.28. The Hall–Kier alpha value is -2.96. The molecule has 0 unspecified atom stereocenters. The van der Waals surface area contributed by atoms with Crippen molar-refractivity contribution < 1.29 is 4.79 Å². The Bertz CT molecular complexity index is 1010. The van der Waals surface area contributed by atoms with Gasteiger partial charge in [-0.05, 0) is 38.0 Å². The van der Waals surface area contributed by atoms with E-state index in [1.807, 2.05) is 46.7 Å². The van der Waals surface area contributed by atoms with Crippen molar-refractivity contribution in [2.24, 2.45) is 0 Å². The summed E-state index contributed by atoms with van der Waals surface area (Å²) >= 11 is 0. The zero-order chi connectivity index (χ0) is 18.1. The molecule has 1 saturated heterocycles. The van der Waals surface area contributed by atoms with Crippen molar-refractivity contribution in [2.45, 2.75) is 32.2 Å². The molecule has 3 aromatic rings. The normalized spacial score (nSPS) is 17.6. The van der Waals surface area contributed by atoms with Gasteiger partial charge < -0.3 is 14.5 Å². The third kappa shape index (κ3) is 3.12. The lowest BCUT2D eigenvalue weighted by Crippen LogP contribution is -2.41. The molecule has 4 rings (SSSR count). The number of amides is 1. The summed E-state index contributed by atoms with van der Waals surface area (Å²) in [4.78, 5) is 37.3. The number of rotatable bonds is 3. The summed E-state index contributed by atoms with van der Waals surface area (Å²) in [5, 5.41) is 0. The van der Waals surface area contributed by atoms with Crippen LogP contribution >= 0.6 is 0 Å². The number of benzene rings is 1. The van der Waals surface area contributed by atoms with Crippen molar-refractivity contribution in [1.82, 2.24) is 24.4 Å². The highest BCUT2D eigenvalue weighted by Crippen LogP contribution is 2.25. The molecule has 0 aliphatic carbocycles. The second-order valence-electron chi connectivity index (χ2n) is 6.74.